The summed E-state index contributed by atoms with van der Waals surface area (Å²) in [6.45, 7) is 0.659. The van der Waals surface area contributed by atoms with Crippen molar-refractivity contribution in [1.82, 2.24) is 0 Å². The Bertz CT molecular complexity index is 109. The fourth-order valence-corrected chi connectivity index (χ4v) is 0.807. The molecule has 0 aromatic rings. The second-order valence-corrected chi connectivity index (χ2v) is 2.41. The van der Waals surface area contributed by atoms with Crippen LogP contribution >= 0.6 is 9.47 Å². The van der Waals surface area contributed by atoms with Gasteiger partial charge in [0.05, 0.1) is 12.7 Å². The Kier molecular flexibility index (Phi) is 6.96. The molecule has 0 aromatic carbocycles. The minimum absolute atomic E-state index is 0.356. The van der Waals surface area contributed by atoms with Crippen LogP contribution in [0.4, 0.5) is 0 Å². The Morgan fingerprint density at radius 2 is 2.40 bits per heavy atom. The molecule has 0 bridgehead atoms. The van der Waals surface area contributed by atoms with E-state index in [9.17, 15) is 0 Å². The molecule has 0 radical (unpaired) electrons. The molecule has 0 saturated carbocycles. The third kappa shape index (κ3) is 6.04. The van der Waals surface area contributed by atoms with E-state index in [4.69, 9.17) is 16.1 Å². The molecule has 0 amide bonds. The smallest absolute Gasteiger partial charge is 0.0650 e. The Morgan fingerprint density at radius 1 is 1.70 bits per heavy atom. The van der Waals surface area contributed by atoms with Crippen molar-refractivity contribution in [3.05, 3.63) is 0 Å². The Labute approximate surface area is 64.3 Å². The first-order chi connectivity index (χ1) is 4.81. The van der Waals surface area contributed by atoms with E-state index in [2.05, 4.69) is 15.4 Å². The van der Waals surface area contributed by atoms with E-state index < -0.39 is 0 Å². The largest absolute Gasteiger partial charge is 0.392 e. The lowest BCUT2D eigenvalue weighted by Crippen LogP contribution is -2.05. The molecule has 2 nitrogen and oxygen atoms in total. The number of hydrogen-bond acceptors (Lipinski definition) is 2. The summed E-state index contributed by atoms with van der Waals surface area (Å²) in [7, 11) is 2.17. The summed E-state index contributed by atoms with van der Waals surface area (Å²) in [6.07, 6.45) is 6.65. The van der Waals surface area contributed by atoms with Crippen LogP contribution < -0.4 is 0 Å². The molecular formula is C7H13O2P. The second kappa shape index (κ2) is 7.02. The van der Waals surface area contributed by atoms with Gasteiger partial charge < -0.3 is 9.63 Å². The molecule has 0 fully saturated rings. The average molecular weight is 160 g/mol. The molecule has 0 saturated heterocycles. The maximum atomic E-state index is 9.07. The highest BCUT2D eigenvalue weighted by atomic mass is 31.0. The van der Waals surface area contributed by atoms with Crippen molar-refractivity contribution < 1.29 is 9.63 Å². The molecule has 1 N–H and O–H groups in total. The standard InChI is InChI=1S/C7H13O2P/c1-2-4-7(8)5-3-6-9-10/h1,7-8H,3-6,10H2/t7-/m0/s1. The molecular weight excluding hydrogens is 147 g/mol. The van der Waals surface area contributed by atoms with Gasteiger partial charge in [-0.05, 0) is 12.8 Å². The van der Waals surface area contributed by atoms with Crippen LogP contribution in [0.3, 0.4) is 0 Å². The van der Waals surface area contributed by atoms with E-state index in [1.807, 2.05) is 0 Å². The average Bonchev–Trinajstić information content (AvgIpc) is 1.89. The van der Waals surface area contributed by atoms with E-state index in [1.165, 1.54) is 0 Å². The van der Waals surface area contributed by atoms with Crippen molar-refractivity contribution >= 4 is 9.47 Å². The maximum absolute atomic E-state index is 9.07. The highest BCUT2D eigenvalue weighted by Gasteiger charge is 1.99. The van der Waals surface area contributed by atoms with Gasteiger partial charge in [-0.1, -0.05) is 0 Å². The molecule has 0 aliphatic carbocycles. The zero-order chi connectivity index (χ0) is 7.82. The van der Waals surface area contributed by atoms with Crippen LogP contribution in [-0.4, -0.2) is 17.8 Å². The van der Waals surface area contributed by atoms with Crippen LogP contribution in [0.5, 0.6) is 0 Å². The summed E-state index contributed by atoms with van der Waals surface area (Å²) in [5, 5.41) is 9.07. The lowest BCUT2D eigenvalue weighted by atomic mass is 10.1. The fourth-order valence-electron chi connectivity index (χ4n) is 0.640. The maximum Gasteiger partial charge on any atom is 0.0650 e. The predicted octanol–water partition coefficient (Wildman–Crippen LogP) is 0.957. The lowest BCUT2D eigenvalue weighted by Gasteiger charge is -2.04. The number of rotatable bonds is 5. The molecule has 0 aliphatic rings. The minimum atomic E-state index is -0.356. The van der Waals surface area contributed by atoms with Gasteiger partial charge in [0.2, 0.25) is 0 Å². The third-order valence-electron chi connectivity index (χ3n) is 1.15. The highest BCUT2D eigenvalue weighted by Crippen LogP contribution is 2.01. The van der Waals surface area contributed by atoms with Gasteiger partial charge in [-0.3, -0.25) is 0 Å². The first kappa shape index (κ1) is 9.91. The SMILES string of the molecule is C#CC[C@H](O)CCCOP. The molecule has 3 heteroatoms. The summed E-state index contributed by atoms with van der Waals surface area (Å²) >= 11 is 0. The highest BCUT2D eigenvalue weighted by molar-refractivity contribution is 7.09. The van der Waals surface area contributed by atoms with Gasteiger partial charge in [0.1, 0.15) is 0 Å². The normalized spacial score (nSPS) is 12.5. The summed E-state index contributed by atoms with van der Waals surface area (Å²) < 4.78 is 4.72. The molecule has 2 atom stereocenters. The second-order valence-electron chi connectivity index (χ2n) is 2.08. The van der Waals surface area contributed by atoms with Crippen LogP contribution in [0, 0.1) is 12.3 Å². The Balaban J connectivity index is 3.06. The number of aliphatic hydroxyl groups excluding tert-OH is 1. The molecule has 0 spiro atoms. The molecule has 10 heavy (non-hydrogen) atoms. The first-order valence-electron chi connectivity index (χ1n) is 3.24. The van der Waals surface area contributed by atoms with Gasteiger partial charge in [0.15, 0.2) is 0 Å². The molecule has 0 heterocycles. The lowest BCUT2D eigenvalue weighted by molar-refractivity contribution is 0.160. The Hall–Kier alpha value is -0.0900. The van der Waals surface area contributed by atoms with Gasteiger partial charge in [-0.15, -0.1) is 12.3 Å². The summed E-state index contributed by atoms with van der Waals surface area (Å²) in [6, 6.07) is 0. The van der Waals surface area contributed by atoms with Crippen molar-refractivity contribution in [3.63, 3.8) is 0 Å². The van der Waals surface area contributed by atoms with Gasteiger partial charge >= 0.3 is 0 Å². The number of hydrogen-bond donors (Lipinski definition) is 1. The van der Waals surface area contributed by atoms with Crippen molar-refractivity contribution in [2.24, 2.45) is 0 Å². The van der Waals surface area contributed by atoms with E-state index in [0.717, 1.165) is 12.8 Å². The monoisotopic (exact) mass is 160 g/mol. The van der Waals surface area contributed by atoms with E-state index in [0.29, 0.717) is 13.0 Å². The van der Waals surface area contributed by atoms with Crippen molar-refractivity contribution in [1.29, 1.82) is 0 Å². The Morgan fingerprint density at radius 3 is 2.90 bits per heavy atom. The van der Waals surface area contributed by atoms with E-state index in [-0.39, 0.29) is 6.10 Å². The molecule has 58 valence electrons. The summed E-state index contributed by atoms with van der Waals surface area (Å²) in [5.74, 6) is 2.40. The predicted molar refractivity (Wildman–Crippen MR) is 44.4 cm³/mol. The third-order valence-corrected chi connectivity index (χ3v) is 1.39. The van der Waals surface area contributed by atoms with Crippen LogP contribution in [0.1, 0.15) is 19.3 Å². The van der Waals surface area contributed by atoms with Gasteiger partial charge in [-0.2, -0.15) is 0 Å². The quantitative estimate of drug-likeness (QED) is 0.368. The molecule has 1 unspecified atom stereocenters. The van der Waals surface area contributed by atoms with Crippen LogP contribution in [-0.2, 0) is 4.52 Å². The van der Waals surface area contributed by atoms with Crippen molar-refractivity contribution in [2.45, 2.75) is 25.4 Å². The van der Waals surface area contributed by atoms with E-state index >= 15 is 0 Å². The van der Waals surface area contributed by atoms with Gasteiger partial charge in [0.25, 0.3) is 0 Å². The molecule has 0 rings (SSSR count). The van der Waals surface area contributed by atoms with Gasteiger partial charge in [-0.25, -0.2) is 0 Å². The topological polar surface area (TPSA) is 29.5 Å². The summed E-state index contributed by atoms with van der Waals surface area (Å²) in [4.78, 5) is 0. The zero-order valence-electron chi connectivity index (χ0n) is 5.92. The van der Waals surface area contributed by atoms with E-state index in [1.54, 1.807) is 0 Å². The molecule has 0 aliphatic heterocycles. The van der Waals surface area contributed by atoms with Crippen LogP contribution in [0.25, 0.3) is 0 Å². The van der Waals surface area contributed by atoms with Crippen LogP contribution in [0.15, 0.2) is 0 Å². The van der Waals surface area contributed by atoms with Gasteiger partial charge in [0, 0.05) is 15.9 Å². The number of aliphatic hydroxyl groups is 1. The number of terminal acetylenes is 1. The summed E-state index contributed by atoms with van der Waals surface area (Å²) in [5.41, 5.74) is 0. The van der Waals surface area contributed by atoms with Crippen molar-refractivity contribution in [3.8, 4) is 12.3 Å². The fraction of sp³-hybridized carbons (Fsp3) is 0.714. The minimum Gasteiger partial charge on any atom is -0.392 e. The first-order valence-corrected chi connectivity index (χ1v) is 3.71. The molecule has 0 aromatic heterocycles. The van der Waals surface area contributed by atoms with Crippen LogP contribution in [0.2, 0.25) is 0 Å². The zero-order valence-corrected chi connectivity index (χ0v) is 7.07. The van der Waals surface area contributed by atoms with Crippen molar-refractivity contribution in [2.75, 3.05) is 6.61 Å².